The van der Waals surface area contributed by atoms with E-state index in [0.29, 0.717) is 17.8 Å². The first-order valence-electron chi connectivity index (χ1n) is 9.40. The summed E-state index contributed by atoms with van der Waals surface area (Å²) in [4.78, 5) is 26.6. The van der Waals surface area contributed by atoms with Gasteiger partial charge in [0.15, 0.2) is 0 Å². The summed E-state index contributed by atoms with van der Waals surface area (Å²) < 4.78 is 0. The molecule has 0 saturated carbocycles. The molecule has 1 atom stereocenters. The van der Waals surface area contributed by atoms with Crippen molar-refractivity contribution in [2.75, 3.05) is 24.2 Å². The standard InChI is InChI=1S/C21H33N3O2/c1-6-9-15-24(5)20(26)23-18-12-10-11-17(16-18)22-19(25)21(4,13-7-2)14-8-3/h7,10-12,16H,2,6,8-9,13-15H2,1,3-5H3,(H,22,25)(H,23,26). The van der Waals surface area contributed by atoms with Crippen molar-refractivity contribution in [3.63, 3.8) is 0 Å². The van der Waals surface area contributed by atoms with Crippen LogP contribution in [0.25, 0.3) is 0 Å². The summed E-state index contributed by atoms with van der Waals surface area (Å²) in [5, 5.41) is 5.85. The molecule has 0 aromatic heterocycles. The first kappa shape index (κ1) is 21.7. The molecule has 0 aliphatic heterocycles. The van der Waals surface area contributed by atoms with Crippen LogP contribution >= 0.6 is 0 Å². The predicted octanol–water partition coefficient (Wildman–Crippen LogP) is 5.27. The van der Waals surface area contributed by atoms with Crippen molar-refractivity contribution in [2.45, 2.75) is 52.9 Å². The first-order chi connectivity index (χ1) is 12.4. The molecule has 2 N–H and O–H groups in total. The average Bonchev–Trinajstić information content (AvgIpc) is 2.60. The molecular formula is C21H33N3O2. The Morgan fingerprint density at radius 2 is 1.85 bits per heavy atom. The molecule has 1 aromatic carbocycles. The first-order valence-corrected chi connectivity index (χ1v) is 9.40. The molecule has 3 amide bonds. The van der Waals surface area contributed by atoms with Crippen LogP contribution in [0.15, 0.2) is 36.9 Å². The van der Waals surface area contributed by atoms with Gasteiger partial charge in [0.05, 0.1) is 5.41 Å². The van der Waals surface area contributed by atoms with Crippen molar-refractivity contribution in [2.24, 2.45) is 5.41 Å². The Hall–Kier alpha value is -2.30. The monoisotopic (exact) mass is 359 g/mol. The number of hydrogen-bond donors (Lipinski definition) is 2. The number of amides is 3. The zero-order valence-corrected chi connectivity index (χ0v) is 16.6. The maximum atomic E-state index is 12.7. The molecule has 0 fully saturated rings. The molecule has 1 unspecified atom stereocenters. The summed E-state index contributed by atoms with van der Waals surface area (Å²) in [6.45, 7) is 10.6. The van der Waals surface area contributed by atoms with Gasteiger partial charge < -0.3 is 15.5 Å². The number of rotatable bonds is 10. The topological polar surface area (TPSA) is 61.4 Å². The van der Waals surface area contributed by atoms with E-state index < -0.39 is 5.41 Å². The van der Waals surface area contributed by atoms with Gasteiger partial charge in [-0.25, -0.2) is 4.79 Å². The number of benzene rings is 1. The number of unbranched alkanes of at least 4 members (excludes halogenated alkanes) is 1. The third-order valence-corrected chi connectivity index (χ3v) is 4.51. The molecule has 1 aromatic rings. The third kappa shape index (κ3) is 6.54. The molecule has 26 heavy (non-hydrogen) atoms. The molecule has 5 heteroatoms. The van der Waals surface area contributed by atoms with Crippen LogP contribution in [-0.4, -0.2) is 30.4 Å². The number of urea groups is 1. The van der Waals surface area contributed by atoms with Crippen LogP contribution in [0, 0.1) is 5.41 Å². The quantitative estimate of drug-likeness (QED) is 0.559. The van der Waals surface area contributed by atoms with E-state index >= 15 is 0 Å². The maximum absolute atomic E-state index is 12.7. The summed E-state index contributed by atoms with van der Waals surface area (Å²) >= 11 is 0. The van der Waals surface area contributed by atoms with E-state index in [9.17, 15) is 9.59 Å². The molecule has 0 radical (unpaired) electrons. The van der Waals surface area contributed by atoms with Gasteiger partial charge in [0.1, 0.15) is 0 Å². The minimum absolute atomic E-state index is 0.0252. The van der Waals surface area contributed by atoms with Crippen molar-refractivity contribution in [3.05, 3.63) is 36.9 Å². The smallest absolute Gasteiger partial charge is 0.321 e. The third-order valence-electron chi connectivity index (χ3n) is 4.51. The van der Waals surface area contributed by atoms with Gasteiger partial charge in [-0.1, -0.05) is 45.8 Å². The van der Waals surface area contributed by atoms with E-state index in [1.165, 1.54) is 0 Å². The van der Waals surface area contributed by atoms with E-state index in [1.54, 1.807) is 24.1 Å². The fraction of sp³-hybridized carbons (Fsp3) is 0.524. The highest BCUT2D eigenvalue weighted by molar-refractivity contribution is 5.96. The SMILES string of the molecule is C=CCC(C)(CCC)C(=O)Nc1cccc(NC(=O)N(C)CCCC)c1. The van der Waals surface area contributed by atoms with Crippen LogP contribution in [-0.2, 0) is 4.79 Å². The maximum Gasteiger partial charge on any atom is 0.321 e. The van der Waals surface area contributed by atoms with Gasteiger partial charge in [-0.2, -0.15) is 0 Å². The lowest BCUT2D eigenvalue weighted by Gasteiger charge is -2.27. The second-order valence-corrected chi connectivity index (χ2v) is 7.04. The summed E-state index contributed by atoms with van der Waals surface area (Å²) in [5.74, 6) is -0.0252. The lowest BCUT2D eigenvalue weighted by molar-refractivity contribution is -0.125. The Labute approximate surface area is 157 Å². The van der Waals surface area contributed by atoms with Gasteiger partial charge in [0, 0.05) is 25.0 Å². The van der Waals surface area contributed by atoms with Gasteiger partial charge in [-0.15, -0.1) is 6.58 Å². The van der Waals surface area contributed by atoms with Crippen LogP contribution in [0.1, 0.15) is 52.9 Å². The van der Waals surface area contributed by atoms with Gasteiger partial charge >= 0.3 is 6.03 Å². The van der Waals surface area contributed by atoms with E-state index in [0.717, 1.165) is 32.2 Å². The molecule has 0 spiro atoms. The second-order valence-electron chi connectivity index (χ2n) is 7.04. The Balaban J connectivity index is 2.78. The van der Waals surface area contributed by atoms with Crippen molar-refractivity contribution in [1.82, 2.24) is 4.90 Å². The summed E-state index contributed by atoms with van der Waals surface area (Å²) in [7, 11) is 1.78. The molecule has 0 aliphatic rings. The summed E-state index contributed by atoms with van der Waals surface area (Å²) in [6, 6.07) is 7.10. The molecule has 1 rings (SSSR count). The van der Waals surface area contributed by atoms with Crippen LogP contribution in [0.2, 0.25) is 0 Å². The summed E-state index contributed by atoms with van der Waals surface area (Å²) in [5.41, 5.74) is 0.864. The highest BCUT2D eigenvalue weighted by atomic mass is 16.2. The second kappa shape index (κ2) is 10.6. The van der Waals surface area contributed by atoms with E-state index in [4.69, 9.17) is 0 Å². The fourth-order valence-electron chi connectivity index (χ4n) is 2.85. The number of carbonyl (C=O) groups is 2. The Kier molecular flexibility index (Phi) is 8.90. The van der Waals surface area contributed by atoms with Crippen LogP contribution < -0.4 is 10.6 Å². The zero-order valence-electron chi connectivity index (χ0n) is 16.6. The lowest BCUT2D eigenvalue weighted by Crippen LogP contribution is -2.33. The molecule has 5 nitrogen and oxygen atoms in total. The number of carbonyl (C=O) groups excluding carboxylic acids is 2. The fourth-order valence-corrected chi connectivity index (χ4v) is 2.85. The summed E-state index contributed by atoms with van der Waals surface area (Å²) in [6.07, 6.45) is 6.16. The Morgan fingerprint density at radius 3 is 2.42 bits per heavy atom. The predicted molar refractivity (Wildman–Crippen MR) is 109 cm³/mol. The van der Waals surface area contributed by atoms with Gasteiger partial charge in [-0.05, 0) is 37.5 Å². The Morgan fingerprint density at radius 1 is 1.19 bits per heavy atom. The Bertz CT molecular complexity index is 615. The van der Waals surface area contributed by atoms with Crippen molar-refractivity contribution in [3.8, 4) is 0 Å². The van der Waals surface area contributed by atoms with Crippen LogP contribution in [0.4, 0.5) is 16.2 Å². The van der Waals surface area contributed by atoms with Gasteiger partial charge in [0.2, 0.25) is 5.91 Å². The number of hydrogen-bond acceptors (Lipinski definition) is 2. The van der Waals surface area contributed by atoms with Crippen molar-refractivity contribution >= 4 is 23.3 Å². The molecule has 0 bridgehead atoms. The molecule has 0 aliphatic carbocycles. The van der Waals surface area contributed by atoms with E-state index in [2.05, 4.69) is 31.1 Å². The van der Waals surface area contributed by atoms with E-state index in [1.807, 2.05) is 25.1 Å². The van der Waals surface area contributed by atoms with Gasteiger partial charge in [-0.3, -0.25) is 4.79 Å². The van der Waals surface area contributed by atoms with Crippen LogP contribution in [0.5, 0.6) is 0 Å². The van der Waals surface area contributed by atoms with Crippen molar-refractivity contribution in [1.29, 1.82) is 0 Å². The highest BCUT2D eigenvalue weighted by Gasteiger charge is 2.30. The lowest BCUT2D eigenvalue weighted by atomic mass is 9.81. The van der Waals surface area contributed by atoms with Crippen LogP contribution in [0.3, 0.4) is 0 Å². The molecule has 0 saturated heterocycles. The normalized spacial score (nSPS) is 12.8. The largest absolute Gasteiger partial charge is 0.328 e. The number of nitrogens with zero attached hydrogens (tertiary/aromatic N) is 1. The zero-order chi connectivity index (χ0) is 19.6. The van der Waals surface area contributed by atoms with E-state index in [-0.39, 0.29) is 11.9 Å². The molecule has 144 valence electrons. The number of anilines is 2. The number of nitrogens with one attached hydrogen (secondary N) is 2. The molecule has 0 heterocycles. The minimum Gasteiger partial charge on any atom is -0.328 e. The molecular weight excluding hydrogens is 326 g/mol. The van der Waals surface area contributed by atoms with Gasteiger partial charge in [0.25, 0.3) is 0 Å². The minimum atomic E-state index is -0.476. The van der Waals surface area contributed by atoms with Crippen molar-refractivity contribution < 1.29 is 9.59 Å². The number of allylic oxidation sites excluding steroid dienone is 1. The average molecular weight is 360 g/mol. The highest BCUT2D eigenvalue weighted by Crippen LogP contribution is 2.30.